The zero-order valence-electron chi connectivity index (χ0n) is 11.2. The highest BCUT2D eigenvalue weighted by atomic mass is 79.9. The maximum Gasteiger partial charge on any atom is 0.167 e. The molecule has 1 fully saturated rings. The van der Waals surface area contributed by atoms with E-state index in [9.17, 15) is 4.79 Å². The van der Waals surface area contributed by atoms with Gasteiger partial charge in [0, 0.05) is 19.5 Å². The molecule has 1 unspecified atom stereocenters. The van der Waals surface area contributed by atoms with Crippen LogP contribution in [-0.4, -0.2) is 50.6 Å². The quantitative estimate of drug-likeness (QED) is 0.846. The van der Waals surface area contributed by atoms with E-state index >= 15 is 0 Å². The maximum atomic E-state index is 12.2. The summed E-state index contributed by atoms with van der Waals surface area (Å²) in [6, 6.07) is 5.69. The van der Waals surface area contributed by atoms with Crippen LogP contribution in [0.3, 0.4) is 0 Å². The average molecular weight is 328 g/mol. The number of morpholine rings is 1. The van der Waals surface area contributed by atoms with Crippen molar-refractivity contribution < 1.29 is 14.3 Å². The fraction of sp³-hybridized carbons (Fsp3) is 0.500. The fourth-order valence-electron chi connectivity index (χ4n) is 2.11. The molecule has 1 aliphatic heterocycles. The van der Waals surface area contributed by atoms with Crippen molar-refractivity contribution in [3.63, 3.8) is 0 Å². The van der Waals surface area contributed by atoms with Gasteiger partial charge in [0.1, 0.15) is 11.9 Å². The summed E-state index contributed by atoms with van der Waals surface area (Å²) in [5.41, 5.74) is 0.967. The molecule has 104 valence electrons. The number of carbonyl (C=O) groups is 1. The highest BCUT2D eigenvalue weighted by Crippen LogP contribution is 2.26. The molecule has 5 heteroatoms. The van der Waals surface area contributed by atoms with Crippen LogP contribution in [0, 0.1) is 0 Å². The van der Waals surface area contributed by atoms with Gasteiger partial charge < -0.3 is 14.4 Å². The number of methoxy groups -OCH3 is 1. The molecular weight excluding hydrogens is 310 g/mol. The Labute approximate surface area is 121 Å². The van der Waals surface area contributed by atoms with E-state index in [0.717, 1.165) is 22.3 Å². The van der Waals surface area contributed by atoms with E-state index in [0.29, 0.717) is 19.6 Å². The minimum absolute atomic E-state index is 0.128. The van der Waals surface area contributed by atoms with Gasteiger partial charge in [-0.2, -0.15) is 0 Å². The van der Waals surface area contributed by atoms with Gasteiger partial charge >= 0.3 is 0 Å². The molecule has 0 N–H and O–H groups in total. The standard InChI is InChI=1S/C14H18BrNO3/c1-16-5-6-19-14(9-16)12(17)8-10-3-4-13(18-2)11(15)7-10/h3-4,7,14H,5-6,8-9H2,1-2H3. The Balaban J connectivity index is 2.00. The van der Waals surface area contributed by atoms with Gasteiger partial charge in [-0.05, 0) is 40.7 Å². The lowest BCUT2D eigenvalue weighted by atomic mass is 10.0. The maximum absolute atomic E-state index is 12.2. The lowest BCUT2D eigenvalue weighted by Crippen LogP contribution is -2.44. The number of likely N-dealkylation sites (N-methyl/N-ethyl adjacent to an activating group) is 1. The molecule has 1 atom stereocenters. The lowest BCUT2D eigenvalue weighted by Gasteiger charge is -2.29. The number of ketones is 1. The average Bonchev–Trinajstić information content (AvgIpc) is 2.39. The van der Waals surface area contributed by atoms with E-state index in [4.69, 9.17) is 9.47 Å². The Hall–Kier alpha value is -0.910. The molecule has 0 aliphatic carbocycles. The van der Waals surface area contributed by atoms with Crippen molar-refractivity contribution in [2.45, 2.75) is 12.5 Å². The van der Waals surface area contributed by atoms with Gasteiger partial charge in [0.05, 0.1) is 18.2 Å². The van der Waals surface area contributed by atoms with Crippen LogP contribution >= 0.6 is 15.9 Å². The third kappa shape index (κ3) is 3.78. The first-order chi connectivity index (χ1) is 9.10. The molecule has 0 amide bonds. The number of carbonyl (C=O) groups excluding carboxylic acids is 1. The van der Waals surface area contributed by atoms with Gasteiger partial charge in [-0.1, -0.05) is 6.07 Å². The molecule has 0 aromatic heterocycles. The monoisotopic (exact) mass is 327 g/mol. The second kappa shape index (κ2) is 6.50. The Kier molecular flexibility index (Phi) is 4.96. The summed E-state index contributed by atoms with van der Waals surface area (Å²) < 4.78 is 11.6. The first-order valence-electron chi connectivity index (χ1n) is 6.25. The molecule has 0 saturated carbocycles. The smallest absolute Gasteiger partial charge is 0.167 e. The summed E-state index contributed by atoms with van der Waals surface area (Å²) in [6.07, 6.45) is 0.0841. The fourth-order valence-corrected chi connectivity index (χ4v) is 2.70. The molecule has 1 heterocycles. The van der Waals surface area contributed by atoms with Gasteiger partial charge in [0.25, 0.3) is 0 Å². The summed E-state index contributed by atoms with van der Waals surface area (Å²) in [5.74, 6) is 0.897. The van der Waals surface area contributed by atoms with Crippen molar-refractivity contribution in [2.24, 2.45) is 0 Å². The number of Topliss-reactive ketones (excluding diaryl/α,β-unsaturated/α-hetero) is 1. The second-order valence-corrected chi connectivity index (χ2v) is 5.59. The van der Waals surface area contributed by atoms with Gasteiger partial charge in [-0.3, -0.25) is 4.79 Å². The molecule has 1 aromatic carbocycles. The number of nitrogens with zero attached hydrogens (tertiary/aromatic N) is 1. The van der Waals surface area contributed by atoms with E-state index in [1.165, 1.54) is 0 Å². The van der Waals surface area contributed by atoms with Crippen LogP contribution in [0.4, 0.5) is 0 Å². The Morgan fingerprint density at radius 3 is 3.00 bits per heavy atom. The van der Waals surface area contributed by atoms with Crippen LogP contribution in [0.2, 0.25) is 0 Å². The Bertz CT molecular complexity index is 464. The summed E-state index contributed by atoms with van der Waals surface area (Å²) in [4.78, 5) is 14.3. The number of rotatable bonds is 4. The predicted octanol–water partition coefficient (Wildman–Crippen LogP) is 1.90. The van der Waals surface area contributed by atoms with Crippen LogP contribution in [0.15, 0.2) is 22.7 Å². The van der Waals surface area contributed by atoms with Crippen molar-refractivity contribution in [1.82, 2.24) is 4.90 Å². The van der Waals surface area contributed by atoms with Crippen molar-refractivity contribution in [1.29, 1.82) is 0 Å². The molecule has 19 heavy (non-hydrogen) atoms. The number of hydrogen-bond donors (Lipinski definition) is 0. The first-order valence-corrected chi connectivity index (χ1v) is 7.04. The topological polar surface area (TPSA) is 38.8 Å². The van der Waals surface area contributed by atoms with E-state index in [1.807, 2.05) is 25.2 Å². The SMILES string of the molecule is COc1ccc(CC(=O)C2CN(C)CCO2)cc1Br. The van der Waals surface area contributed by atoms with Gasteiger partial charge in [0.15, 0.2) is 5.78 Å². The second-order valence-electron chi connectivity index (χ2n) is 4.73. The molecular formula is C14H18BrNO3. The first kappa shape index (κ1) is 14.5. The molecule has 0 radical (unpaired) electrons. The number of hydrogen-bond acceptors (Lipinski definition) is 4. The summed E-state index contributed by atoms with van der Waals surface area (Å²) in [5, 5.41) is 0. The number of benzene rings is 1. The minimum atomic E-state index is -0.306. The molecule has 0 bridgehead atoms. The zero-order valence-corrected chi connectivity index (χ0v) is 12.8. The Morgan fingerprint density at radius 2 is 2.37 bits per heavy atom. The largest absolute Gasteiger partial charge is 0.496 e. The van der Waals surface area contributed by atoms with Gasteiger partial charge in [0.2, 0.25) is 0 Å². The van der Waals surface area contributed by atoms with Crippen LogP contribution in [0.25, 0.3) is 0 Å². The summed E-state index contributed by atoms with van der Waals surface area (Å²) in [7, 11) is 3.63. The summed E-state index contributed by atoms with van der Waals surface area (Å²) >= 11 is 3.43. The third-order valence-corrected chi connectivity index (χ3v) is 3.84. The molecule has 4 nitrogen and oxygen atoms in total. The molecule has 2 rings (SSSR count). The molecule has 1 saturated heterocycles. The molecule has 1 aromatic rings. The number of halogens is 1. The minimum Gasteiger partial charge on any atom is -0.496 e. The van der Waals surface area contributed by atoms with Crippen LogP contribution in [-0.2, 0) is 16.0 Å². The van der Waals surface area contributed by atoms with Crippen LogP contribution < -0.4 is 4.74 Å². The molecule has 0 spiro atoms. The van der Waals surface area contributed by atoms with Gasteiger partial charge in [-0.15, -0.1) is 0 Å². The van der Waals surface area contributed by atoms with E-state index in [1.54, 1.807) is 7.11 Å². The van der Waals surface area contributed by atoms with Crippen LogP contribution in [0.1, 0.15) is 5.56 Å². The van der Waals surface area contributed by atoms with E-state index in [-0.39, 0.29) is 11.9 Å². The zero-order chi connectivity index (χ0) is 13.8. The van der Waals surface area contributed by atoms with Crippen molar-refractivity contribution in [3.8, 4) is 5.75 Å². The summed E-state index contributed by atoms with van der Waals surface area (Å²) in [6.45, 7) is 2.19. The van der Waals surface area contributed by atoms with Gasteiger partial charge in [-0.25, -0.2) is 0 Å². The van der Waals surface area contributed by atoms with E-state index < -0.39 is 0 Å². The van der Waals surface area contributed by atoms with Crippen molar-refractivity contribution >= 4 is 21.7 Å². The highest BCUT2D eigenvalue weighted by molar-refractivity contribution is 9.10. The number of ether oxygens (including phenoxy) is 2. The predicted molar refractivity (Wildman–Crippen MR) is 76.6 cm³/mol. The molecule has 1 aliphatic rings. The van der Waals surface area contributed by atoms with Crippen LogP contribution in [0.5, 0.6) is 5.75 Å². The highest BCUT2D eigenvalue weighted by Gasteiger charge is 2.24. The van der Waals surface area contributed by atoms with Crippen molar-refractivity contribution in [3.05, 3.63) is 28.2 Å². The normalized spacial score (nSPS) is 20.3. The van der Waals surface area contributed by atoms with E-state index in [2.05, 4.69) is 20.8 Å². The third-order valence-electron chi connectivity index (χ3n) is 3.22. The lowest BCUT2D eigenvalue weighted by molar-refractivity contribution is -0.134. The van der Waals surface area contributed by atoms with Crippen molar-refractivity contribution in [2.75, 3.05) is 33.9 Å². The Morgan fingerprint density at radius 1 is 1.58 bits per heavy atom.